The average molecular weight is 284 g/mol. The van der Waals surface area contributed by atoms with E-state index < -0.39 is 0 Å². The summed E-state index contributed by atoms with van der Waals surface area (Å²) in [5.41, 5.74) is 3.99. The summed E-state index contributed by atoms with van der Waals surface area (Å²) >= 11 is 1.66. The fourth-order valence-corrected chi connectivity index (χ4v) is 2.74. The highest BCUT2D eigenvalue weighted by Crippen LogP contribution is 2.25. The van der Waals surface area contributed by atoms with E-state index in [0.717, 1.165) is 33.8 Å². The first-order chi connectivity index (χ1) is 9.72. The van der Waals surface area contributed by atoms with Crippen molar-refractivity contribution in [3.8, 4) is 10.6 Å². The zero-order valence-electron chi connectivity index (χ0n) is 11.5. The Bertz CT molecular complexity index is 720. The molecular formula is C15H16N4S. The first-order valence-electron chi connectivity index (χ1n) is 6.61. The van der Waals surface area contributed by atoms with E-state index in [2.05, 4.69) is 45.6 Å². The van der Waals surface area contributed by atoms with E-state index in [4.69, 9.17) is 0 Å². The van der Waals surface area contributed by atoms with E-state index in [1.54, 1.807) is 23.7 Å². The molecule has 102 valence electrons. The maximum atomic E-state index is 4.67. The monoisotopic (exact) mass is 284 g/mol. The molecule has 1 N–H and O–H groups in total. The summed E-state index contributed by atoms with van der Waals surface area (Å²) in [6.45, 7) is 5.08. The Labute approximate surface area is 121 Å². The average Bonchev–Trinajstić information content (AvgIpc) is 2.93. The highest BCUT2D eigenvalue weighted by atomic mass is 32.1. The van der Waals surface area contributed by atoms with Gasteiger partial charge in [-0.2, -0.15) is 0 Å². The maximum Gasteiger partial charge on any atom is 0.123 e. The first-order valence-corrected chi connectivity index (χ1v) is 7.49. The van der Waals surface area contributed by atoms with Gasteiger partial charge in [-0.3, -0.25) is 9.97 Å². The standard InChI is InChI=1S/C15H16N4S/c1-10(2)18-8-12-9-20-15(19-12)11-3-4-13-14(7-11)17-6-5-16-13/h3-7,9-10,18H,8H2,1-2H3. The lowest BCUT2D eigenvalue weighted by atomic mass is 10.2. The van der Waals surface area contributed by atoms with Crippen LogP contribution >= 0.6 is 11.3 Å². The van der Waals surface area contributed by atoms with Crippen molar-refractivity contribution in [3.63, 3.8) is 0 Å². The molecule has 2 aromatic heterocycles. The summed E-state index contributed by atoms with van der Waals surface area (Å²) in [7, 11) is 0. The van der Waals surface area contributed by atoms with Crippen LogP contribution in [-0.2, 0) is 6.54 Å². The van der Waals surface area contributed by atoms with Crippen LogP contribution < -0.4 is 5.32 Å². The molecular weight excluding hydrogens is 268 g/mol. The maximum absolute atomic E-state index is 4.67. The zero-order valence-corrected chi connectivity index (χ0v) is 12.3. The summed E-state index contributed by atoms with van der Waals surface area (Å²) in [5, 5.41) is 6.51. The van der Waals surface area contributed by atoms with Crippen LogP contribution in [0.4, 0.5) is 0 Å². The van der Waals surface area contributed by atoms with Crippen LogP contribution in [0, 0.1) is 0 Å². The molecule has 3 aromatic rings. The lowest BCUT2D eigenvalue weighted by Crippen LogP contribution is -2.21. The molecule has 0 aliphatic carbocycles. The Morgan fingerprint density at radius 2 is 1.95 bits per heavy atom. The van der Waals surface area contributed by atoms with Crippen LogP contribution in [0.15, 0.2) is 36.0 Å². The van der Waals surface area contributed by atoms with E-state index in [-0.39, 0.29) is 0 Å². The van der Waals surface area contributed by atoms with Crippen molar-refractivity contribution in [2.24, 2.45) is 0 Å². The third-order valence-corrected chi connectivity index (χ3v) is 3.90. The molecule has 2 heterocycles. The van der Waals surface area contributed by atoms with E-state index in [1.807, 2.05) is 12.1 Å². The minimum absolute atomic E-state index is 0.469. The Hall–Kier alpha value is -1.85. The topological polar surface area (TPSA) is 50.7 Å². The van der Waals surface area contributed by atoms with Gasteiger partial charge in [0, 0.05) is 35.9 Å². The molecule has 3 rings (SSSR count). The molecule has 0 spiro atoms. The van der Waals surface area contributed by atoms with Gasteiger partial charge in [-0.15, -0.1) is 11.3 Å². The Morgan fingerprint density at radius 1 is 1.15 bits per heavy atom. The molecule has 0 amide bonds. The number of aromatic nitrogens is 3. The highest BCUT2D eigenvalue weighted by molar-refractivity contribution is 7.13. The van der Waals surface area contributed by atoms with Crippen molar-refractivity contribution < 1.29 is 0 Å². The smallest absolute Gasteiger partial charge is 0.123 e. The predicted octanol–water partition coefficient (Wildman–Crippen LogP) is 3.25. The van der Waals surface area contributed by atoms with Crippen LogP contribution in [0.5, 0.6) is 0 Å². The molecule has 0 aliphatic rings. The van der Waals surface area contributed by atoms with Gasteiger partial charge < -0.3 is 5.32 Å². The number of nitrogens with zero attached hydrogens (tertiary/aromatic N) is 3. The van der Waals surface area contributed by atoms with Gasteiger partial charge in [0.2, 0.25) is 0 Å². The second-order valence-corrected chi connectivity index (χ2v) is 5.80. The van der Waals surface area contributed by atoms with Gasteiger partial charge in [0.25, 0.3) is 0 Å². The SMILES string of the molecule is CC(C)NCc1csc(-c2ccc3nccnc3c2)n1. The number of rotatable bonds is 4. The molecule has 0 radical (unpaired) electrons. The summed E-state index contributed by atoms with van der Waals surface area (Å²) in [5.74, 6) is 0. The van der Waals surface area contributed by atoms with Gasteiger partial charge in [-0.1, -0.05) is 13.8 Å². The van der Waals surface area contributed by atoms with E-state index in [9.17, 15) is 0 Å². The van der Waals surface area contributed by atoms with Gasteiger partial charge in [-0.05, 0) is 18.2 Å². The van der Waals surface area contributed by atoms with Crippen LogP contribution in [0.3, 0.4) is 0 Å². The lowest BCUT2D eigenvalue weighted by molar-refractivity contribution is 0.583. The minimum Gasteiger partial charge on any atom is -0.309 e. The molecule has 0 bridgehead atoms. The van der Waals surface area contributed by atoms with E-state index in [1.165, 1.54) is 0 Å². The summed E-state index contributed by atoms with van der Waals surface area (Å²) in [6.07, 6.45) is 3.42. The molecule has 0 fully saturated rings. The van der Waals surface area contributed by atoms with E-state index >= 15 is 0 Å². The lowest BCUT2D eigenvalue weighted by Gasteiger charge is -2.04. The Kier molecular flexibility index (Phi) is 3.71. The highest BCUT2D eigenvalue weighted by Gasteiger charge is 2.06. The Balaban J connectivity index is 1.87. The van der Waals surface area contributed by atoms with Crippen molar-refractivity contribution in [2.75, 3.05) is 0 Å². The normalized spacial score (nSPS) is 11.3. The number of benzene rings is 1. The molecule has 0 aliphatic heterocycles. The van der Waals surface area contributed by atoms with Crippen molar-refractivity contribution in [1.29, 1.82) is 0 Å². The summed E-state index contributed by atoms with van der Waals surface area (Å²) in [6, 6.07) is 6.55. The Morgan fingerprint density at radius 3 is 2.75 bits per heavy atom. The second-order valence-electron chi connectivity index (χ2n) is 4.94. The molecule has 5 heteroatoms. The number of hydrogen-bond donors (Lipinski definition) is 1. The van der Waals surface area contributed by atoms with Gasteiger partial charge in [-0.25, -0.2) is 4.98 Å². The number of fused-ring (bicyclic) bond motifs is 1. The van der Waals surface area contributed by atoms with E-state index in [0.29, 0.717) is 6.04 Å². The molecule has 4 nitrogen and oxygen atoms in total. The van der Waals surface area contributed by atoms with Crippen LogP contribution in [-0.4, -0.2) is 21.0 Å². The summed E-state index contributed by atoms with van der Waals surface area (Å²) in [4.78, 5) is 13.3. The molecule has 0 saturated carbocycles. The first kappa shape index (κ1) is 13.1. The molecule has 1 aromatic carbocycles. The van der Waals surface area contributed by atoms with Crippen molar-refractivity contribution in [1.82, 2.24) is 20.3 Å². The molecule has 20 heavy (non-hydrogen) atoms. The largest absolute Gasteiger partial charge is 0.309 e. The predicted molar refractivity (Wildman–Crippen MR) is 82.6 cm³/mol. The van der Waals surface area contributed by atoms with Gasteiger partial charge in [0.1, 0.15) is 5.01 Å². The van der Waals surface area contributed by atoms with Crippen molar-refractivity contribution in [2.45, 2.75) is 26.4 Å². The van der Waals surface area contributed by atoms with Crippen LogP contribution in [0.25, 0.3) is 21.6 Å². The number of nitrogens with one attached hydrogen (secondary N) is 1. The van der Waals surface area contributed by atoms with Gasteiger partial charge in [0.05, 0.1) is 16.7 Å². The second kappa shape index (κ2) is 5.64. The fourth-order valence-electron chi connectivity index (χ4n) is 1.93. The molecule has 0 atom stereocenters. The zero-order chi connectivity index (χ0) is 13.9. The van der Waals surface area contributed by atoms with Gasteiger partial charge in [0.15, 0.2) is 0 Å². The van der Waals surface area contributed by atoms with Crippen molar-refractivity contribution in [3.05, 3.63) is 41.7 Å². The fraction of sp³-hybridized carbons (Fsp3) is 0.267. The minimum atomic E-state index is 0.469. The van der Waals surface area contributed by atoms with Crippen LogP contribution in [0.2, 0.25) is 0 Å². The van der Waals surface area contributed by atoms with Crippen molar-refractivity contribution >= 4 is 22.4 Å². The molecule has 0 saturated heterocycles. The molecule has 0 unspecified atom stereocenters. The van der Waals surface area contributed by atoms with Crippen LogP contribution in [0.1, 0.15) is 19.5 Å². The van der Waals surface area contributed by atoms with Gasteiger partial charge >= 0.3 is 0 Å². The quantitative estimate of drug-likeness (QED) is 0.799. The summed E-state index contributed by atoms with van der Waals surface area (Å²) < 4.78 is 0. The third-order valence-electron chi connectivity index (χ3n) is 2.96. The number of hydrogen-bond acceptors (Lipinski definition) is 5. The number of thiazole rings is 1. The third kappa shape index (κ3) is 2.84.